The molecule has 0 bridgehead atoms. The second-order valence-electron chi connectivity index (χ2n) is 6.67. The Bertz CT molecular complexity index is 849. The third-order valence-corrected chi connectivity index (χ3v) is 4.58. The van der Waals surface area contributed by atoms with Gasteiger partial charge in [0.2, 0.25) is 11.7 Å². The Hall–Kier alpha value is -2.68. The van der Waals surface area contributed by atoms with Gasteiger partial charge in [0.15, 0.2) is 0 Å². The van der Waals surface area contributed by atoms with E-state index >= 15 is 0 Å². The molecule has 1 aliphatic rings. The van der Waals surface area contributed by atoms with Crippen LogP contribution in [0.1, 0.15) is 47.3 Å². The molecule has 1 fully saturated rings. The van der Waals surface area contributed by atoms with Crippen LogP contribution in [0.3, 0.4) is 0 Å². The van der Waals surface area contributed by atoms with Crippen LogP contribution in [0.2, 0.25) is 0 Å². The van der Waals surface area contributed by atoms with Gasteiger partial charge >= 0.3 is 6.18 Å². The lowest BCUT2D eigenvalue weighted by Crippen LogP contribution is -2.42. The maximum absolute atomic E-state index is 13.3. The molecule has 1 saturated carbocycles. The monoisotopic (exact) mass is 380 g/mol. The molecule has 2 aromatic heterocycles. The molecular weight excluding hydrogens is 361 g/mol. The van der Waals surface area contributed by atoms with E-state index in [1.165, 1.54) is 18.3 Å². The van der Waals surface area contributed by atoms with Gasteiger partial charge in [-0.2, -0.15) is 13.2 Å². The normalized spacial score (nSPS) is 16.3. The van der Waals surface area contributed by atoms with E-state index in [4.69, 9.17) is 16.2 Å². The van der Waals surface area contributed by atoms with Crippen molar-refractivity contribution >= 4 is 11.6 Å². The van der Waals surface area contributed by atoms with Gasteiger partial charge in [0.05, 0.1) is 16.7 Å². The number of anilines is 1. The van der Waals surface area contributed by atoms with Gasteiger partial charge in [-0.25, -0.2) is 9.97 Å². The number of rotatable bonds is 5. The second-order valence-corrected chi connectivity index (χ2v) is 6.67. The summed E-state index contributed by atoms with van der Waals surface area (Å²) in [6.07, 6.45) is 0.0754. The van der Waals surface area contributed by atoms with Gasteiger partial charge in [0.1, 0.15) is 18.1 Å². The number of ketones is 1. The number of hydrogen-bond acceptors (Lipinski definition) is 6. The van der Waals surface area contributed by atoms with Gasteiger partial charge in [0.25, 0.3) is 0 Å². The summed E-state index contributed by atoms with van der Waals surface area (Å²) in [7, 11) is 0. The molecule has 0 aliphatic heterocycles. The number of nitrogens with zero attached hydrogens (tertiary/aromatic N) is 2. The van der Waals surface area contributed by atoms with Crippen LogP contribution < -0.4 is 16.2 Å². The zero-order valence-electron chi connectivity index (χ0n) is 14.4. The van der Waals surface area contributed by atoms with E-state index < -0.39 is 28.8 Å². The van der Waals surface area contributed by atoms with E-state index in [0.717, 1.165) is 37.8 Å². The van der Waals surface area contributed by atoms with Crippen molar-refractivity contribution in [3.8, 4) is 5.88 Å². The van der Waals surface area contributed by atoms with Gasteiger partial charge in [-0.15, -0.1) is 0 Å². The number of ether oxygens (including phenoxy) is 1. The first-order valence-corrected chi connectivity index (χ1v) is 8.45. The number of halogens is 3. The lowest BCUT2D eigenvalue weighted by Gasteiger charge is -2.23. The van der Waals surface area contributed by atoms with Gasteiger partial charge in [-0.3, -0.25) is 4.79 Å². The summed E-state index contributed by atoms with van der Waals surface area (Å²) in [6, 6.07) is 4.58. The van der Waals surface area contributed by atoms with Crippen molar-refractivity contribution in [1.82, 2.24) is 9.97 Å². The SMILES string of the molecule is Nc1ncccc1C(=O)c1nc(OCC2(N)CCCC2)ccc1C(F)(F)F. The highest BCUT2D eigenvalue weighted by molar-refractivity contribution is 6.11. The fourth-order valence-electron chi connectivity index (χ4n) is 3.10. The Morgan fingerprint density at radius 3 is 2.56 bits per heavy atom. The molecule has 0 radical (unpaired) electrons. The van der Waals surface area contributed by atoms with E-state index in [0.29, 0.717) is 0 Å². The quantitative estimate of drug-likeness (QED) is 0.773. The third-order valence-electron chi connectivity index (χ3n) is 4.58. The van der Waals surface area contributed by atoms with Crippen LogP contribution >= 0.6 is 0 Å². The van der Waals surface area contributed by atoms with Crippen molar-refractivity contribution in [3.63, 3.8) is 0 Å². The highest BCUT2D eigenvalue weighted by Crippen LogP contribution is 2.34. The van der Waals surface area contributed by atoms with E-state index in [2.05, 4.69) is 9.97 Å². The van der Waals surface area contributed by atoms with Crippen LogP contribution in [-0.2, 0) is 6.18 Å². The first-order chi connectivity index (χ1) is 12.7. The number of alkyl halides is 3. The molecule has 0 aromatic carbocycles. The summed E-state index contributed by atoms with van der Waals surface area (Å²) in [5.74, 6) is -1.23. The molecule has 0 atom stereocenters. The molecule has 1 aliphatic carbocycles. The lowest BCUT2D eigenvalue weighted by atomic mass is 10.0. The number of hydrogen-bond donors (Lipinski definition) is 2. The number of aromatic nitrogens is 2. The van der Waals surface area contributed by atoms with Crippen molar-refractivity contribution < 1.29 is 22.7 Å². The Kier molecular flexibility index (Phi) is 5.05. The lowest BCUT2D eigenvalue weighted by molar-refractivity contribution is -0.138. The Morgan fingerprint density at radius 1 is 1.22 bits per heavy atom. The minimum absolute atomic E-state index is 0.0921. The Balaban J connectivity index is 1.94. The van der Waals surface area contributed by atoms with Crippen molar-refractivity contribution in [1.29, 1.82) is 0 Å². The van der Waals surface area contributed by atoms with Crippen LogP contribution in [0.25, 0.3) is 0 Å². The maximum Gasteiger partial charge on any atom is 0.418 e. The summed E-state index contributed by atoms with van der Waals surface area (Å²) >= 11 is 0. The third kappa shape index (κ3) is 4.19. The topological polar surface area (TPSA) is 104 Å². The average molecular weight is 380 g/mol. The van der Waals surface area contributed by atoms with Crippen molar-refractivity contribution in [3.05, 3.63) is 47.3 Å². The summed E-state index contributed by atoms with van der Waals surface area (Å²) in [4.78, 5) is 20.2. The van der Waals surface area contributed by atoms with Crippen LogP contribution in [0.15, 0.2) is 30.5 Å². The molecule has 6 nitrogen and oxygen atoms in total. The van der Waals surface area contributed by atoms with Crippen molar-refractivity contribution in [2.45, 2.75) is 37.4 Å². The summed E-state index contributed by atoms with van der Waals surface area (Å²) in [6.45, 7) is 0.119. The van der Waals surface area contributed by atoms with Crippen LogP contribution in [-0.4, -0.2) is 27.9 Å². The molecule has 0 unspecified atom stereocenters. The number of carbonyl (C=O) groups is 1. The largest absolute Gasteiger partial charge is 0.476 e. The van der Waals surface area contributed by atoms with E-state index in [1.54, 1.807) is 0 Å². The molecule has 9 heteroatoms. The summed E-state index contributed by atoms with van der Waals surface area (Å²) < 4.78 is 45.6. The average Bonchev–Trinajstić information content (AvgIpc) is 3.06. The highest BCUT2D eigenvalue weighted by atomic mass is 19.4. The molecule has 0 spiro atoms. The minimum atomic E-state index is -4.76. The highest BCUT2D eigenvalue weighted by Gasteiger charge is 2.37. The minimum Gasteiger partial charge on any atom is -0.476 e. The first-order valence-electron chi connectivity index (χ1n) is 8.45. The molecule has 2 aromatic rings. The van der Waals surface area contributed by atoms with E-state index in [9.17, 15) is 18.0 Å². The Labute approximate surface area is 153 Å². The summed E-state index contributed by atoms with van der Waals surface area (Å²) in [5, 5.41) is 0. The predicted molar refractivity (Wildman–Crippen MR) is 92.2 cm³/mol. The smallest absolute Gasteiger partial charge is 0.418 e. The van der Waals surface area contributed by atoms with Gasteiger partial charge < -0.3 is 16.2 Å². The van der Waals surface area contributed by atoms with E-state index in [1.807, 2.05) is 0 Å². The molecule has 2 heterocycles. The molecule has 4 N–H and O–H groups in total. The van der Waals surface area contributed by atoms with E-state index in [-0.39, 0.29) is 23.9 Å². The summed E-state index contributed by atoms with van der Waals surface area (Å²) in [5.41, 5.74) is 9.20. The molecule has 0 saturated heterocycles. The predicted octanol–water partition coefficient (Wildman–Crippen LogP) is 2.96. The van der Waals surface area contributed by atoms with Crippen molar-refractivity contribution in [2.24, 2.45) is 5.73 Å². The standard InChI is InChI=1S/C18H19F3N4O2/c19-18(20,21)12-5-6-13(27-10-17(23)7-1-2-8-17)25-14(12)15(26)11-4-3-9-24-16(11)22/h3-6,9H,1-2,7-8,10,23H2,(H2,22,24). The van der Waals surface area contributed by atoms with Crippen LogP contribution in [0.5, 0.6) is 5.88 Å². The van der Waals surface area contributed by atoms with Crippen molar-refractivity contribution in [2.75, 3.05) is 12.3 Å². The first kappa shape index (κ1) is 19.1. The van der Waals surface area contributed by atoms with Gasteiger partial charge in [0, 0.05) is 12.3 Å². The molecule has 27 heavy (non-hydrogen) atoms. The van der Waals surface area contributed by atoms with Crippen LogP contribution in [0.4, 0.5) is 19.0 Å². The fraction of sp³-hybridized carbons (Fsp3) is 0.389. The number of nitrogen functional groups attached to an aromatic ring is 1. The molecule has 0 amide bonds. The molecule has 3 rings (SSSR count). The maximum atomic E-state index is 13.3. The van der Waals surface area contributed by atoms with Crippen LogP contribution in [0, 0.1) is 0 Å². The number of pyridine rings is 2. The Morgan fingerprint density at radius 2 is 1.93 bits per heavy atom. The number of carbonyl (C=O) groups excluding carboxylic acids is 1. The molecule has 144 valence electrons. The second kappa shape index (κ2) is 7.15. The number of nitrogens with two attached hydrogens (primary N) is 2. The zero-order valence-corrected chi connectivity index (χ0v) is 14.4. The fourth-order valence-corrected chi connectivity index (χ4v) is 3.10. The zero-order chi connectivity index (χ0) is 19.7. The molecular formula is C18H19F3N4O2. The van der Waals surface area contributed by atoms with Gasteiger partial charge in [-0.1, -0.05) is 12.8 Å². The van der Waals surface area contributed by atoms with Gasteiger partial charge in [-0.05, 0) is 31.0 Å².